The van der Waals surface area contributed by atoms with E-state index in [2.05, 4.69) is 0 Å². The van der Waals surface area contributed by atoms with Crippen LogP contribution >= 0.6 is 0 Å². The number of benzene rings is 1. The van der Waals surface area contributed by atoms with Crippen molar-refractivity contribution < 1.29 is 23.7 Å². The second kappa shape index (κ2) is 5.92. The summed E-state index contributed by atoms with van der Waals surface area (Å²) in [5, 5.41) is 10.6. The fraction of sp³-hybridized carbons (Fsp3) is 0.100. The lowest BCUT2D eigenvalue weighted by Gasteiger charge is -2.05. The lowest BCUT2D eigenvalue weighted by Crippen LogP contribution is -2.37. The Morgan fingerprint density at radius 2 is 1.89 bits per heavy atom. The Morgan fingerprint density at radius 3 is 2.44 bits per heavy atom. The first-order chi connectivity index (χ1) is 8.41. The molecular formula is C10H10N2O5S. The van der Waals surface area contributed by atoms with Crippen LogP contribution in [0.25, 0.3) is 0 Å². The van der Waals surface area contributed by atoms with Crippen molar-refractivity contribution >= 4 is 28.7 Å². The SMILES string of the molecule is NC(=O)NC(=O)CS(=O)c1ccccc1C(=O)O. The van der Waals surface area contributed by atoms with Gasteiger partial charge < -0.3 is 10.8 Å². The van der Waals surface area contributed by atoms with E-state index in [1.807, 2.05) is 0 Å². The summed E-state index contributed by atoms with van der Waals surface area (Å²) in [4.78, 5) is 32.5. The first-order valence-electron chi connectivity index (χ1n) is 4.72. The minimum absolute atomic E-state index is 0.0182. The van der Waals surface area contributed by atoms with Crippen molar-refractivity contribution in [3.63, 3.8) is 0 Å². The number of aromatic carboxylic acids is 1. The van der Waals surface area contributed by atoms with Gasteiger partial charge in [-0.3, -0.25) is 14.3 Å². The number of rotatable bonds is 4. The molecule has 1 atom stereocenters. The van der Waals surface area contributed by atoms with E-state index in [0.29, 0.717) is 0 Å². The van der Waals surface area contributed by atoms with Crippen LogP contribution in [0.1, 0.15) is 10.4 Å². The molecule has 1 aromatic carbocycles. The molecule has 0 radical (unpaired) electrons. The molecule has 0 aromatic heterocycles. The number of primary amides is 1. The van der Waals surface area contributed by atoms with Gasteiger partial charge in [-0.25, -0.2) is 9.59 Å². The summed E-state index contributed by atoms with van der Waals surface area (Å²) in [5.41, 5.74) is 4.57. The van der Waals surface area contributed by atoms with Gasteiger partial charge in [0.1, 0.15) is 5.75 Å². The van der Waals surface area contributed by atoms with Crippen LogP contribution in [0.3, 0.4) is 0 Å². The number of amides is 3. The molecule has 18 heavy (non-hydrogen) atoms. The normalized spacial score (nSPS) is 11.6. The number of hydrogen-bond donors (Lipinski definition) is 3. The zero-order chi connectivity index (χ0) is 13.7. The standard InChI is InChI=1S/C10H10N2O5S/c11-10(16)12-8(13)5-18(17)7-4-2-1-3-6(7)9(14)15/h1-4H,5H2,(H,14,15)(H3,11,12,13,16). The van der Waals surface area contributed by atoms with Crippen LogP contribution in [0.2, 0.25) is 0 Å². The van der Waals surface area contributed by atoms with Gasteiger partial charge in [-0.05, 0) is 12.1 Å². The third-order valence-electron chi connectivity index (χ3n) is 1.89. The Hall–Kier alpha value is -2.22. The molecule has 4 N–H and O–H groups in total. The number of nitrogens with one attached hydrogen (secondary N) is 1. The van der Waals surface area contributed by atoms with Crippen LogP contribution in [0.5, 0.6) is 0 Å². The maximum atomic E-state index is 11.8. The highest BCUT2D eigenvalue weighted by atomic mass is 32.2. The number of nitrogens with two attached hydrogens (primary N) is 1. The Bertz CT molecular complexity index is 529. The van der Waals surface area contributed by atoms with E-state index in [1.54, 1.807) is 5.32 Å². The second-order valence-corrected chi connectivity index (χ2v) is 4.62. The zero-order valence-corrected chi connectivity index (χ0v) is 9.90. The van der Waals surface area contributed by atoms with Gasteiger partial charge >= 0.3 is 12.0 Å². The number of carbonyl (C=O) groups is 3. The molecule has 0 bridgehead atoms. The molecule has 96 valence electrons. The van der Waals surface area contributed by atoms with E-state index >= 15 is 0 Å². The van der Waals surface area contributed by atoms with Gasteiger partial charge in [-0.2, -0.15) is 0 Å². The van der Waals surface area contributed by atoms with Crippen LogP contribution in [0.4, 0.5) is 4.79 Å². The molecular weight excluding hydrogens is 260 g/mol. The van der Waals surface area contributed by atoms with Crippen molar-refractivity contribution in [2.45, 2.75) is 4.90 Å². The van der Waals surface area contributed by atoms with Crippen LogP contribution in [0.15, 0.2) is 29.2 Å². The molecule has 1 aromatic rings. The fourth-order valence-corrected chi connectivity index (χ4v) is 2.31. The summed E-state index contributed by atoms with van der Waals surface area (Å²) >= 11 is 0. The molecule has 0 aliphatic rings. The Morgan fingerprint density at radius 1 is 1.28 bits per heavy atom. The summed E-state index contributed by atoms with van der Waals surface area (Å²) in [6.45, 7) is 0. The van der Waals surface area contributed by atoms with E-state index in [4.69, 9.17) is 10.8 Å². The molecule has 7 nitrogen and oxygen atoms in total. The highest BCUT2D eigenvalue weighted by Crippen LogP contribution is 2.13. The van der Waals surface area contributed by atoms with Crippen LogP contribution in [0, 0.1) is 0 Å². The predicted molar refractivity (Wildman–Crippen MR) is 62.4 cm³/mol. The minimum atomic E-state index is -1.86. The van der Waals surface area contributed by atoms with Crippen LogP contribution < -0.4 is 11.1 Å². The van der Waals surface area contributed by atoms with Crippen molar-refractivity contribution in [2.75, 3.05) is 5.75 Å². The molecule has 3 amide bonds. The largest absolute Gasteiger partial charge is 0.478 e. The third-order valence-corrected chi connectivity index (χ3v) is 3.26. The molecule has 1 unspecified atom stereocenters. The number of carbonyl (C=O) groups excluding carboxylic acids is 2. The number of carboxylic acids is 1. The highest BCUT2D eigenvalue weighted by Gasteiger charge is 2.17. The van der Waals surface area contributed by atoms with Gasteiger partial charge in [0.2, 0.25) is 5.91 Å². The molecule has 0 saturated carbocycles. The van der Waals surface area contributed by atoms with E-state index in [1.165, 1.54) is 24.3 Å². The van der Waals surface area contributed by atoms with Crippen molar-refractivity contribution in [2.24, 2.45) is 5.73 Å². The maximum absolute atomic E-state index is 11.8. The molecule has 0 aliphatic heterocycles. The number of urea groups is 1. The summed E-state index contributed by atoms with van der Waals surface area (Å²) in [6.07, 6.45) is 0. The maximum Gasteiger partial charge on any atom is 0.336 e. The molecule has 0 saturated heterocycles. The topological polar surface area (TPSA) is 127 Å². The average Bonchev–Trinajstić information content (AvgIpc) is 2.27. The van der Waals surface area contributed by atoms with Gasteiger partial charge in [0.15, 0.2) is 0 Å². The minimum Gasteiger partial charge on any atom is -0.478 e. The third kappa shape index (κ3) is 3.67. The molecule has 0 heterocycles. The number of imide groups is 1. The van der Waals surface area contributed by atoms with Crippen LogP contribution in [-0.2, 0) is 15.6 Å². The molecule has 0 fully saturated rings. The Balaban J connectivity index is 2.88. The Labute approximate surface area is 104 Å². The van der Waals surface area contributed by atoms with Gasteiger partial charge in [0.05, 0.1) is 21.3 Å². The van der Waals surface area contributed by atoms with E-state index in [-0.39, 0.29) is 10.5 Å². The van der Waals surface area contributed by atoms with Crippen molar-refractivity contribution in [3.8, 4) is 0 Å². The quantitative estimate of drug-likeness (QED) is 0.691. The summed E-state index contributed by atoms with van der Waals surface area (Å²) in [7, 11) is -1.86. The first kappa shape index (κ1) is 13.8. The van der Waals surface area contributed by atoms with E-state index < -0.39 is 34.5 Å². The van der Waals surface area contributed by atoms with Crippen LogP contribution in [-0.4, -0.2) is 33.0 Å². The van der Waals surface area contributed by atoms with Gasteiger partial charge in [-0.1, -0.05) is 12.1 Å². The summed E-state index contributed by atoms with van der Waals surface area (Å²) in [5.74, 6) is -2.61. The fourth-order valence-electron chi connectivity index (χ4n) is 1.21. The van der Waals surface area contributed by atoms with Gasteiger partial charge in [0, 0.05) is 0 Å². The average molecular weight is 270 g/mol. The van der Waals surface area contributed by atoms with Crippen molar-refractivity contribution in [1.82, 2.24) is 5.32 Å². The summed E-state index contributed by atoms with van der Waals surface area (Å²) < 4.78 is 11.8. The number of hydrogen-bond acceptors (Lipinski definition) is 4. The van der Waals surface area contributed by atoms with Gasteiger partial charge in [-0.15, -0.1) is 0 Å². The van der Waals surface area contributed by atoms with E-state index in [0.717, 1.165) is 0 Å². The zero-order valence-electron chi connectivity index (χ0n) is 9.08. The second-order valence-electron chi connectivity index (χ2n) is 3.20. The van der Waals surface area contributed by atoms with Gasteiger partial charge in [0.25, 0.3) is 0 Å². The molecule has 0 aliphatic carbocycles. The monoisotopic (exact) mass is 270 g/mol. The lowest BCUT2D eigenvalue weighted by molar-refractivity contribution is -0.117. The molecule has 1 rings (SSSR count). The first-order valence-corrected chi connectivity index (χ1v) is 6.03. The van der Waals surface area contributed by atoms with Crippen molar-refractivity contribution in [3.05, 3.63) is 29.8 Å². The predicted octanol–water partition coefficient (Wildman–Crippen LogP) is -0.313. The van der Waals surface area contributed by atoms with Crippen molar-refractivity contribution in [1.29, 1.82) is 0 Å². The number of carboxylic acid groups (broad SMARTS) is 1. The Kier molecular flexibility index (Phi) is 4.55. The lowest BCUT2D eigenvalue weighted by atomic mass is 10.2. The van der Waals surface area contributed by atoms with E-state index in [9.17, 15) is 18.6 Å². The smallest absolute Gasteiger partial charge is 0.336 e. The summed E-state index contributed by atoms with van der Waals surface area (Å²) in [6, 6.07) is 4.56. The molecule has 8 heteroatoms. The molecule has 0 spiro atoms. The highest BCUT2D eigenvalue weighted by molar-refractivity contribution is 7.85.